The molecule has 2 amide bonds. The van der Waals surface area contributed by atoms with E-state index >= 15 is 0 Å². The summed E-state index contributed by atoms with van der Waals surface area (Å²) in [6, 6.07) is -0.649. The van der Waals surface area contributed by atoms with Crippen molar-refractivity contribution in [1.29, 1.82) is 0 Å². The number of halogens is 3. The average molecular weight is 530 g/mol. The van der Waals surface area contributed by atoms with Crippen LogP contribution in [0.15, 0.2) is 0 Å². The molecule has 0 bridgehead atoms. The summed E-state index contributed by atoms with van der Waals surface area (Å²) in [5.74, 6) is -0.492. The Morgan fingerprint density at radius 2 is 1.94 bits per heavy atom. The van der Waals surface area contributed by atoms with Crippen molar-refractivity contribution < 1.29 is 32.2 Å². The molecule has 12 heteroatoms. The highest BCUT2D eigenvalue weighted by Crippen LogP contribution is 2.42. The fourth-order valence-corrected chi connectivity index (χ4v) is 7.29. The van der Waals surface area contributed by atoms with Gasteiger partial charge < -0.3 is 20.1 Å². The van der Waals surface area contributed by atoms with E-state index in [-0.39, 0.29) is 18.2 Å². The van der Waals surface area contributed by atoms with Crippen molar-refractivity contribution in [3.8, 4) is 0 Å². The van der Waals surface area contributed by atoms with Gasteiger partial charge in [0.05, 0.1) is 18.8 Å². The van der Waals surface area contributed by atoms with Crippen molar-refractivity contribution in [2.24, 2.45) is 0 Å². The van der Waals surface area contributed by atoms with Crippen LogP contribution >= 0.6 is 22.7 Å². The van der Waals surface area contributed by atoms with Crippen LogP contribution in [0.4, 0.5) is 23.0 Å². The van der Waals surface area contributed by atoms with Gasteiger partial charge in [-0.15, -0.1) is 22.7 Å². The third-order valence-corrected chi connectivity index (χ3v) is 9.01. The number of hydrogen-bond donors (Lipinski definition) is 3. The van der Waals surface area contributed by atoms with Crippen molar-refractivity contribution in [3.05, 3.63) is 36.9 Å². The molecule has 1 aliphatic carbocycles. The SMILES string of the molecule is O=C(NCc1c(C(F)(F)F)sc2c1CCNC2)Nc1sc2c(c1C(=O)OC1CCOC1)CCCC2. The Labute approximate surface area is 208 Å². The highest BCUT2D eigenvalue weighted by Gasteiger charge is 2.38. The Morgan fingerprint density at radius 3 is 2.71 bits per heavy atom. The summed E-state index contributed by atoms with van der Waals surface area (Å²) < 4.78 is 51.9. The minimum Gasteiger partial charge on any atom is -0.456 e. The number of hydrogen-bond acceptors (Lipinski definition) is 7. The molecule has 0 aromatic carbocycles. The number of rotatable bonds is 5. The van der Waals surface area contributed by atoms with E-state index in [9.17, 15) is 22.8 Å². The Hall–Kier alpha value is -2.15. The average Bonchev–Trinajstić information content (AvgIpc) is 3.54. The zero-order valence-electron chi connectivity index (χ0n) is 18.9. The van der Waals surface area contributed by atoms with Gasteiger partial charge in [-0.05, 0) is 55.3 Å². The number of anilines is 1. The second-order valence-electron chi connectivity index (χ2n) is 8.85. The molecular weight excluding hydrogens is 503 g/mol. The lowest BCUT2D eigenvalue weighted by Crippen LogP contribution is -2.30. The third-order valence-electron chi connectivity index (χ3n) is 6.48. The van der Waals surface area contributed by atoms with Gasteiger partial charge in [0.25, 0.3) is 0 Å². The minimum atomic E-state index is -4.48. The van der Waals surface area contributed by atoms with E-state index in [4.69, 9.17) is 9.47 Å². The van der Waals surface area contributed by atoms with E-state index in [0.717, 1.165) is 47.5 Å². The van der Waals surface area contributed by atoms with Crippen molar-refractivity contribution in [1.82, 2.24) is 10.6 Å². The van der Waals surface area contributed by atoms with E-state index in [2.05, 4.69) is 16.0 Å². The molecule has 2 aromatic rings. The third kappa shape index (κ3) is 5.20. The molecule has 1 fully saturated rings. The first kappa shape index (κ1) is 24.5. The predicted octanol–water partition coefficient (Wildman–Crippen LogP) is 4.62. The van der Waals surface area contributed by atoms with Crippen LogP contribution in [0.25, 0.3) is 0 Å². The Morgan fingerprint density at radius 1 is 1.11 bits per heavy atom. The molecule has 3 aliphatic rings. The van der Waals surface area contributed by atoms with Crippen molar-refractivity contribution in [3.63, 3.8) is 0 Å². The summed E-state index contributed by atoms with van der Waals surface area (Å²) in [5.41, 5.74) is 2.05. The number of thiophene rings is 2. The molecule has 1 unspecified atom stereocenters. The molecule has 1 atom stereocenters. The maximum atomic E-state index is 13.6. The number of carbonyl (C=O) groups is 2. The maximum absolute atomic E-state index is 13.6. The molecule has 3 N–H and O–H groups in total. The molecule has 2 aliphatic heterocycles. The van der Waals surface area contributed by atoms with E-state index in [1.165, 1.54) is 11.3 Å². The number of alkyl halides is 3. The molecule has 4 heterocycles. The molecular formula is C23H26F3N3O4S2. The lowest BCUT2D eigenvalue weighted by atomic mass is 9.95. The quantitative estimate of drug-likeness (QED) is 0.492. The summed E-state index contributed by atoms with van der Waals surface area (Å²) in [7, 11) is 0. The fourth-order valence-electron chi connectivity index (χ4n) is 4.82. The van der Waals surface area contributed by atoms with Gasteiger partial charge >= 0.3 is 18.2 Å². The van der Waals surface area contributed by atoms with Gasteiger partial charge in [0.2, 0.25) is 0 Å². The van der Waals surface area contributed by atoms with E-state index in [0.29, 0.717) is 60.2 Å². The number of esters is 1. The summed E-state index contributed by atoms with van der Waals surface area (Å²) in [6.45, 7) is 1.64. The van der Waals surface area contributed by atoms with Crippen LogP contribution in [0.5, 0.6) is 0 Å². The van der Waals surface area contributed by atoms with Crippen LogP contribution in [-0.2, 0) is 48.0 Å². The van der Waals surface area contributed by atoms with Crippen LogP contribution in [-0.4, -0.2) is 37.9 Å². The van der Waals surface area contributed by atoms with Crippen molar-refractivity contribution >= 4 is 39.7 Å². The van der Waals surface area contributed by atoms with Gasteiger partial charge in [0.15, 0.2) is 0 Å². The van der Waals surface area contributed by atoms with Gasteiger partial charge in [-0.25, -0.2) is 9.59 Å². The number of amides is 2. The summed E-state index contributed by atoms with van der Waals surface area (Å²) in [4.78, 5) is 26.9. The molecule has 190 valence electrons. The largest absolute Gasteiger partial charge is 0.456 e. The van der Waals surface area contributed by atoms with Crippen LogP contribution in [0.2, 0.25) is 0 Å². The number of ether oxygens (including phenoxy) is 2. The first-order valence-electron chi connectivity index (χ1n) is 11.7. The highest BCUT2D eigenvalue weighted by molar-refractivity contribution is 7.17. The van der Waals surface area contributed by atoms with Crippen LogP contribution in [0.1, 0.15) is 60.9 Å². The monoisotopic (exact) mass is 529 g/mol. The van der Waals surface area contributed by atoms with Crippen molar-refractivity contribution in [2.45, 2.75) is 63.9 Å². The smallest absolute Gasteiger partial charge is 0.425 e. The normalized spacial score (nSPS) is 19.7. The van der Waals surface area contributed by atoms with Gasteiger partial charge in [-0.3, -0.25) is 5.32 Å². The standard InChI is InChI=1S/C23H26F3N3O4S2/c24-23(25,26)19-15(13-5-7-27-10-17(13)34-19)9-28-22(31)29-20-18(14-3-1-2-4-16(14)35-20)21(30)33-12-6-8-32-11-12/h12,27H,1-11H2,(H2,28,29,31). The Bertz CT molecular complexity index is 1120. The van der Waals surface area contributed by atoms with Crippen LogP contribution in [0, 0.1) is 0 Å². The molecule has 7 nitrogen and oxygen atoms in total. The zero-order chi connectivity index (χ0) is 24.6. The lowest BCUT2D eigenvalue weighted by Gasteiger charge is -2.16. The van der Waals surface area contributed by atoms with E-state index in [1.807, 2.05) is 0 Å². The lowest BCUT2D eigenvalue weighted by molar-refractivity contribution is -0.135. The number of aryl methyl sites for hydroxylation is 1. The van der Waals surface area contributed by atoms with E-state index < -0.39 is 23.1 Å². The molecule has 0 saturated carbocycles. The number of nitrogens with one attached hydrogen (secondary N) is 3. The van der Waals surface area contributed by atoms with Crippen molar-refractivity contribution in [2.75, 3.05) is 25.1 Å². The van der Waals surface area contributed by atoms with Crippen LogP contribution < -0.4 is 16.0 Å². The molecule has 35 heavy (non-hydrogen) atoms. The molecule has 0 radical (unpaired) electrons. The maximum Gasteiger partial charge on any atom is 0.425 e. The molecule has 2 aromatic heterocycles. The molecule has 5 rings (SSSR count). The fraction of sp³-hybridized carbons (Fsp3) is 0.565. The second-order valence-corrected chi connectivity index (χ2v) is 11.1. The van der Waals surface area contributed by atoms with E-state index in [1.54, 1.807) is 0 Å². The summed E-state index contributed by atoms with van der Waals surface area (Å²) in [6.07, 6.45) is -0.192. The summed E-state index contributed by atoms with van der Waals surface area (Å²) >= 11 is 2.08. The topological polar surface area (TPSA) is 88.7 Å². The number of urea groups is 1. The molecule has 0 spiro atoms. The summed E-state index contributed by atoms with van der Waals surface area (Å²) in [5, 5.41) is 8.78. The Balaban J connectivity index is 1.33. The van der Waals surface area contributed by atoms with Gasteiger partial charge in [-0.1, -0.05) is 0 Å². The first-order chi connectivity index (χ1) is 16.8. The number of carbonyl (C=O) groups excluding carboxylic acids is 2. The van der Waals surface area contributed by atoms with Gasteiger partial charge in [0.1, 0.15) is 16.0 Å². The van der Waals surface area contributed by atoms with Crippen LogP contribution in [0.3, 0.4) is 0 Å². The second kappa shape index (κ2) is 10.1. The minimum absolute atomic E-state index is 0.125. The Kier molecular flexibility index (Phi) is 7.06. The molecule has 1 saturated heterocycles. The van der Waals surface area contributed by atoms with Gasteiger partial charge in [-0.2, -0.15) is 13.2 Å². The predicted molar refractivity (Wildman–Crippen MR) is 126 cm³/mol. The number of fused-ring (bicyclic) bond motifs is 2. The highest BCUT2D eigenvalue weighted by atomic mass is 32.1. The first-order valence-corrected chi connectivity index (χ1v) is 13.3. The van der Waals surface area contributed by atoms with Gasteiger partial charge in [0, 0.05) is 29.3 Å². The zero-order valence-corrected chi connectivity index (χ0v) is 20.6.